The lowest BCUT2D eigenvalue weighted by molar-refractivity contribution is 1.06. The van der Waals surface area contributed by atoms with Crippen LogP contribution in [0.25, 0.3) is 33.1 Å². The Labute approximate surface area is 126 Å². The Balaban J connectivity index is 2.24. The minimum Gasteiger partial charge on any atom is -0.280 e. The highest BCUT2D eigenvalue weighted by Gasteiger charge is 2.15. The average Bonchev–Trinajstić information content (AvgIpc) is 2.87. The first-order valence-corrected chi connectivity index (χ1v) is 7.11. The second kappa shape index (κ2) is 4.57. The Bertz CT molecular complexity index is 958. The molecule has 0 fully saturated rings. The monoisotopic (exact) mass is 293 g/mol. The van der Waals surface area contributed by atoms with E-state index in [1.807, 2.05) is 43.3 Å². The summed E-state index contributed by atoms with van der Waals surface area (Å²) in [5, 5.41) is 10.2. The van der Waals surface area contributed by atoms with E-state index in [0.29, 0.717) is 5.02 Å². The van der Waals surface area contributed by atoms with E-state index >= 15 is 0 Å². The lowest BCUT2D eigenvalue weighted by atomic mass is 9.97. The van der Waals surface area contributed by atoms with Gasteiger partial charge in [-0.25, -0.2) is 4.98 Å². The molecule has 0 amide bonds. The topological polar surface area (TPSA) is 41.6 Å². The summed E-state index contributed by atoms with van der Waals surface area (Å²) in [7, 11) is 0. The number of fused-ring (bicyclic) bond motifs is 2. The first-order chi connectivity index (χ1) is 10.2. The van der Waals surface area contributed by atoms with Crippen LogP contribution < -0.4 is 0 Å². The van der Waals surface area contributed by atoms with Crippen molar-refractivity contribution < 1.29 is 0 Å². The minimum absolute atomic E-state index is 0.681. The van der Waals surface area contributed by atoms with Gasteiger partial charge < -0.3 is 0 Å². The maximum absolute atomic E-state index is 6.11. The molecule has 0 bridgehead atoms. The van der Waals surface area contributed by atoms with Gasteiger partial charge in [0.2, 0.25) is 0 Å². The van der Waals surface area contributed by atoms with Crippen molar-refractivity contribution >= 4 is 33.5 Å². The van der Waals surface area contributed by atoms with E-state index in [-0.39, 0.29) is 0 Å². The molecule has 0 atom stereocenters. The van der Waals surface area contributed by atoms with Crippen LogP contribution in [0.1, 0.15) is 5.69 Å². The smallest absolute Gasteiger partial charge is 0.182 e. The molecule has 2 aromatic carbocycles. The standard InChI is InChI=1S/C17H12ClN3/c1-10-15-16(11-5-3-2-4-6-11)13-8-7-12(18)9-14(13)19-17(15)21-20-10/h2-9H,1H3,(H,19,20,21). The number of aromatic nitrogens is 3. The largest absolute Gasteiger partial charge is 0.280 e. The van der Waals surface area contributed by atoms with Crippen LogP contribution >= 0.6 is 11.6 Å². The van der Waals surface area contributed by atoms with Crippen LogP contribution in [0.15, 0.2) is 48.5 Å². The van der Waals surface area contributed by atoms with Crippen molar-refractivity contribution in [1.29, 1.82) is 0 Å². The quantitative estimate of drug-likeness (QED) is 0.551. The van der Waals surface area contributed by atoms with Crippen LogP contribution in [0.5, 0.6) is 0 Å². The van der Waals surface area contributed by atoms with E-state index in [1.54, 1.807) is 0 Å². The lowest BCUT2D eigenvalue weighted by Gasteiger charge is -2.09. The van der Waals surface area contributed by atoms with Gasteiger partial charge in [0.25, 0.3) is 0 Å². The predicted molar refractivity (Wildman–Crippen MR) is 86.6 cm³/mol. The zero-order chi connectivity index (χ0) is 14.4. The van der Waals surface area contributed by atoms with Crippen molar-refractivity contribution in [3.63, 3.8) is 0 Å². The zero-order valence-corrected chi connectivity index (χ0v) is 12.1. The number of aromatic amines is 1. The molecule has 0 spiro atoms. The highest BCUT2D eigenvalue weighted by atomic mass is 35.5. The lowest BCUT2D eigenvalue weighted by Crippen LogP contribution is -1.88. The molecule has 0 unspecified atom stereocenters. The Kier molecular flexibility index (Phi) is 2.69. The molecule has 102 valence electrons. The van der Waals surface area contributed by atoms with Gasteiger partial charge in [-0.15, -0.1) is 0 Å². The number of hydrogen-bond acceptors (Lipinski definition) is 2. The molecule has 2 aromatic heterocycles. The Hall–Kier alpha value is -2.39. The highest BCUT2D eigenvalue weighted by Crippen LogP contribution is 2.36. The molecule has 0 saturated heterocycles. The Morgan fingerprint density at radius 3 is 2.67 bits per heavy atom. The molecule has 0 aliphatic heterocycles. The maximum Gasteiger partial charge on any atom is 0.182 e. The molecule has 1 N–H and O–H groups in total. The van der Waals surface area contributed by atoms with E-state index in [0.717, 1.165) is 38.8 Å². The van der Waals surface area contributed by atoms with Crippen molar-refractivity contribution in [2.45, 2.75) is 6.92 Å². The molecule has 4 rings (SSSR count). The molecule has 0 radical (unpaired) electrons. The molecule has 0 aliphatic rings. The van der Waals surface area contributed by atoms with Crippen molar-refractivity contribution in [2.75, 3.05) is 0 Å². The fraction of sp³-hybridized carbons (Fsp3) is 0.0588. The zero-order valence-electron chi connectivity index (χ0n) is 11.4. The first kappa shape index (κ1) is 12.4. The third-order valence-electron chi connectivity index (χ3n) is 3.70. The van der Waals surface area contributed by atoms with Crippen molar-refractivity contribution in [3.8, 4) is 11.1 Å². The highest BCUT2D eigenvalue weighted by molar-refractivity contribution is 6.31. The number of nitrogens with one attached hydrogen (secondary N) is 1. The molecule has 3 nitrogen and oxygen atoms in total. The third kappa shape index (κ3) is 1.89. The second-order valence-electron chi connectivity index (χ2n) is 5.06. The molecule has 4 heteroatoms. The fourth-order valence-corrected chi connectivity index (χ4v) is 2.92. The number of rotatable bonds is 1. The number of benzene rings is 2. The average molecular weight is 294 g/mol. The van der Waals surface area contributed by atoms with Crippen molar-refractivity contribution in [2.24, 2.45) is 0 Å². The predicted octanol–water partition coefficient (Wildman–Crippen LogP) is 4.74. The number of hydrogen-bond donors (Lipinski definition) is 1. The Morgan fingerprint density at radius 2 is 1.86 bits per heavy atom. The Morgan fingerprint density at radius 1 is 1.05 bits per heavy atom. The van der Waals surface area contributed by atoms with Gasteiger partial charge in [0.1, 0.15) is 0 Å². The fourth-order valence-electron chi connectivity index (χ4n) is 2.76. The van der Waals surface area contributed by atoms with Crippen LogP contribution in [0.3, 0.4) is 0 Å². The van der Waals surface area contributed by atoms with Crippen LogP contribution in [0.4, 0.5) is 0 Å². The second-order valence-corrected chi connectivity index (χ2v) is 5.50. The summed E-state index contributed by atoms with van der Waals surface area (Å²) in [5.74, 6) is 0. The molecular formula is C17H12ClN3. The summed E-state index contributed by atoms with van der Waals surface area (Å²) in [6.07, 6.45) is 0. The first-order valence-electron chi connectivity index (χ1n) is 6.73. The number of halogens is 1. The van der Waals surface area contributed by atoms with E-state index in [9.17, 15) is 0 Å². The van der Waals surface area contributed by atoms with E-state index in [1.165, 1.54) is 0 Å². The normalized spacial score (nSPS) is 11.3. The van der Waals surface area contributed by atoms with Crippen LogP contribution in [-0.4, -0.2) is 15.2 Å². The SMILES string of the molecule is Cc1[nH]nc2nc3cc(Cl)ccc3c(-c3ccccc3)c12. The summed E-state index contributed by atoms with van der Waals surface area (Å²) in [5.41, 5.74) is 4.91. The van der Waals surface area contributed by atoms with Crippen LogP contribution in [0, 0.1) is 6.92 Å². The number of nitrogens with zero attached hydrogens (tertiary/aromatic N) is 2. The summed E-state index contributed by atoms with van der Waals surface area (Å²) in [6.45, 7) is 2.02. The summed E-state index contributed by atoms with van der Waals surface area (Å²) in [4.78, 5) is 4.62. The molecule has 0 aliphatic carbocycles. The number of aryl methyl sites for hydroxylation is 1. The third-order valence-corrected chi connectivity index (χ3v) is 3.93. The van der Waals surface area contributed by atoms with Gasteiger partial charge in [-0.1, -0.05) is 48.0 Å². The van der Waals surface area contributed by atoms with Gasteiger partial charge in [0.05, 0.1) is 10.9 Å². The summed E-state index contributed by atoms with van der Waals surface area (Å²) < 4.78 is 0. The molecule has 2 heterocycles. The molecule has 21 heavy (non-hydrogen) atoms. The van der Waals surface area contributed by atoms with Gasteiger partial charge in [-0.3, -0.25) is 5.10 Å². The van der Waals surface area contributed by atoms with Crippen LogP contribution in [0.2, 0.25) is 5.02 Å². The summed E-state index contributed by atoms with van der Waals surface area (Å²) >= 11 is 6.11. The molecule has 0 saturated carbocycles. The van der Waals surface area contributed by atoms with Gasteiger partial charge in [-0.05, 0) is 24.6 Å². The van der Waals surface area contributed by atoms with Crippen molar-refractivity contribution in [1.82, 2.24) is 15.2 Å². The molecular weight excluding hydrogens is 282 g/mol. The summed E-state index contributed by atoms with van der Waals surface area (Å²) in [6, 6.07) is 16.1. The van der Waals surface area contributed by atoms with Gasteiger partial charge in [0.15, 0.2) is 5.65 Å². The van der Waals surface area contributed by atoms with Crippen LogP contribution in [-0.2, 0) is 0 Å². The minimum atomic E-state index is 0.681. The number of H-pyrrole nitrogens is 1. The van der Waals surface area contributed by atoms with E-state index < -0.39 is 0 Å². The maximum atomic E-state index is 6.11. The number of pyridine rings is 1. The van der Waals surface area contributed by atoms with E-state index in [4.69, 9.17) is 11.6 Å². The van der Waals surface area contributed by atoms with Crippen molar-refractivity contribution in [3.05, 3.63) is 59.2 Å². The van der Waals surface area contributed by atoms with Gasteiger partial charge in [-0.2, -0.15) is 5.10 Å². The van der Waals surface area contributed by atoms with Gasteiger partial charge >= 0.3 is 0 Å². The van der Waals surface area contributed by atoms with E-state index in [2.05, 4.69) is 27.3 Å². The van der Waals surface area contributed by atoms with Gasteiger partial charge in [0, 0.05) is 21.7 Å². The molecule has 4 aromatic rings.